The van der Waals surface area contributed by atoms with Crippen LogP contribution in [0, 0.1) is 5.92 Å². The highest BCUT2D eigenvalue weighted by atomic mass is 79.9. The van der Waals surface area contributed by atoms with Crippen LogP contribution in [0.15, 0.2) is 21.1 Å². The predicted molar refractivity (Wildman–Crippen MR) is 85.9 cm³/mol. The van der Waals surface area contributed by atoms with Crippen LogP contribution in [0.4, 0.5) is 5.69 Å². The third kappa shape index (κ3) is 3.72. The van der Waals surface area contributed by atoms with Crippen LogP contribution in [0.5, 0.6) is 0 Å². The zero-order valence-corrected chi connectivity index (χ0v) is 14.4. The fourth-order valence-electron chi connectivity index (χ4n) is 2.40. The van der Waals surface area contributed by atoms with Crippen LogP contribution in [0.25, 0.3) is 0 Å². The smallest absolute Gasteiger partial charge is 0.0620 e. The molecule has 4 N–H and O–H groups in total. The summed E-state index contributed by atoms with van der Waals surface area (Å²) < 4.78 is 1.94. The van der Waals surface area contributed by atoms with Crippen LogP contribution in [-0.4, -0.2) is 16.7 Å². The highest BCUT2D eigenvalue weighted by molar-refractivity contribution is 9.11. The van der Waals surface area contributed by atoms with Crippen molar-refractivity contribution in [1.82, 2.24) is 5.32 Å². The molecule has 0 heterocycles. The van der Waals surface area contributed by atoms with Gasteiger partial charge in [0.25, 0.3) is 0 Å². The fourth-order valence-corrected chi connectivity index (χ4v) is 3.71. The molecule has 1 aliphatic carbocycles. The van der Waals surface area contributed by atoms with Crippen molar-refractivity contribution in [1.29, 1.82) is 0 Å². The van der Waals surface area contributed by atoms with Crippen molar-refractivity contribution >= 4 is 37.5 Å². The van der Waals surface area contributed by atoms with Crippen LogP contribution in [0.3, 0.4) is 0 Å². The predicted octanol–water partition coefficient (Wildman–Crippen LogP) is 3.43. The molecule has 3 nitrogen and oxygen atoms in total. The highest BCUT2D eigenvalue weighted by Gasteiger charge is 2.38. The van der Waals surface area contributed by atoms with Gasteiger partial charge in [0.15, 0.2) is 0 Å². The van der Waals surface area contributed by atoms with Gasteiger partial charge in [-0.05, 0) is 66.2 Å². The van der Waals surface area contributed by atoms with Gasteiger partial charge in [0, 0.05) is 21.5 Å². The normalized spacial score (nSPS) is 23.2. The topological polar surface area (TPSA) is 58.3 Å². The molecule has 0 saturated heterocycles. The summed E-state index contributed by atoms with van der Waals surface area (Å²) in [6.45, 7) is 4.53. The maximum absolute atomic E-state index is 9.90. The van der Waals surface area contributed by atoms with Gasteiger partial charge in [0.05, 0.1) is 11.3 Å². The third-order valence-electron chi connectivity index (χ3n) is 3.90. The first-order valence-corrected chi connectivity index (χ1v) is 8.05. The van der Waals surface area contributed by atoms with Gasteiger partial charge in [-0.1, -0.05) is 15.9 Å². The summed E-state index contributed by atoms with van der Waals surface area (Å²) in [6.07, 6.45) is 2.05. The number of rotatable bonds is 4. The number of hydrogen-bond acceptors (Lipinski definition) is 3. The van der Waals surface area contributed by atoms with Crippen LogP contribution in [0.1, 0.15) is 32.3 Å². The molecule has 1 saturated carbocycles. The van der Waals surface area contributed by atoms with Crippen molar-refractivity contribution < 1.29 is 5.11 Å². The minimum Gasteiger partial charge on any atom is -0.398 e. The lowest BCUT2D eigenvalue weighted by Gasteiger charge is -2.43. The van der Waals surface area contributed by atoms with Gasteiger partial charge in [-0.2, -0.15) is 0 Å². The number of nitrogens with two attached hydrogens (primary N) is 1. The SMILES string of the molecule is CC(C)(O)C1CC(NCc2cc(Br)cc(Br)c2N)C1. The Morgan fingerprint density at radius 3 is 2.58 bits per heavy atom. The van der Waals surface area contributed by atoms with Crippen LogP contribution < -0.4 is 11.1 Å². The molecule has 1 aromatic carbocycles. The summed E-state index contributed by atoms with van der Waals surface area (Å²) in [5.74, 6) is 0.400. The number of benzene rings is 1. The first-order valence-electron chi connectivity index (χ1n) is 6.46. The van der Waals surface area contributed by atoms with Gasteiger partial charge in [-0.15, -0.1) is 0 Å². The second kappa shape index (κ2) is 5.72. The molecular weight excluding hydrogens is 372 g/mol. The molecule has 0 spiro atoms. The second-order valence-electron chi connectivity index (χ2n) is 5.86. The maximum Gasteiger partial charge on any atom is 0.0620 e. The minimum atomic E-state index is -0.560. The Morgan fingerprint density at radius 2 is 2.00 bits per heavy atom. The average Bonchev–Trinajstić information content (AvgIpc) is 2.20. The third-order valence-corrected chi connectivity index (χ3v) is 5.01. The molecule has 0 atom stereocenters. The highest BCUT2D eigenvalue weighted by Crippen LogP contribution is 2.36. The van der Waals surface area contributed by atoms with E-state index in [0.29, 0.717) is 12.0 Å². The lowest BCUT2D eigenvalue weighted by Crippen LogP contribution is -2.49. The monoisotopic (exact) mass is 390 g/mol. The lowest BCUT2D eigenvalue weighted by molar-refractivity contribution is -0.0321. The first kappa shape index (κ1) is 15.3. The van der Waals surface area contributed by atoms with Crippen LogP contribution in [0.2, 0.25) is 0 Å². The lowest BCUT2D eigenvalue weighted by atomic mass is 9.71. The van der Waals surface area contributed by atoms with E-state index in [9.17, 15) is 5.11 Å². The van der Waals surface area contributed by atoms with Gasteiger partial charge in [0.2, 0.25) is 0 Å². The zero-order chi connectivity index (χ0) is 14.2. The number of nitrogens with one attached hydrogen (secondary N) is 1. The standard InChI is InChI=1S/C14H20Br2N2O/c1-14(2,19)9-4-11(5-9)18-7-8-3-10(15)6-12(16)13(8)17/h3,6,9,11,18-19H,4-5,7,17H2,1-2H3. The van der Waals surface area contributed by atoms with E-state index in [1.165, 1.54) is 0 Å². The van der Waals surface area contributed by atoms with Gasteiger partial charge in [-0.3, -0.25) is 0 Å². The molecule has 1 fully saturated rings. The Balaban J connectivity index is 1.88. The maximum atomic E-state index is 9.90. The molecular formula is C14H20Br2N2O. The summed E-state index contributed by atoms with van der Waals surface area (Å²) in [4.78, 5) is 0. The minimum absolute atomic E-state index is 0.400. The molecule has 0 aromatic heterocycles. The van der Waals surface area contributed by atoms with E-state index >= 15 is 0 Å². The van der Waals surface area contributed by atoms with Gasteiger partial charge in [0.1, 0.15) is 0 Å². The summed E-state index contributed by atoms with van der Waals surface area (Å²) in [6, 6.07) is 4.47. The number of nitrogen functional groups attached to an aromatic ring is 1. The Labute approximate surface area is 131 Å². The van der Waals surface area contributed by atoms with E-state index in [1.807, 2.05) is 26.0 Å². The largest absolute Gasteiger partial charge is 0.398 e. The molecule has 0 radical (unpaired) electrons. The Kier molecular flexibility index (Phi) is 4.60. The Morgan fingerprint density at radius 1 is 1.37 bits per heavy atom. The zero-order valence-electron chi connectivity index (χ0n) is 11.2. The number of aliphatic hydroxyl groups is 1. The van der Waals surface area contributed by atoms with E-state index in [4.69, 9.17) is 5.73 Å². The van der Waals surface area contributed by atoms with Crippen molar-refractivity contribution in [2.24, 2.45) is 5.92 Å². The molecule has 5 heteroatoms. The van der Waals surface area contributed by atoms with E-state index in [0.717, 1.165) is 39.6 Å². The average molecular weight is 392 g/mol. The number of hydrogen-bond donors (Lipinski definition) is 3. The number of anilines is 1. The molecule has 2 rings (SSSR count). The Hall–Kier alpha value is -0.100. The molecule has 1 aromatic rings. The second-order valence-corrected chi connectivity index (χ2v) is 7.63. The molecule has 0 unspecified atom stereocenters. The number of halogens is 2. The molecule has 0 amide bonds. The summed E-state index contributed by atoms with van der Waals surface area (Å²) in [7, 11) is 0. The molecule has 1 aliphatic rings. The van der Waals surface area contributed by atoms with E-state index in [2.05, 4.69) is 37.2 Å². The van der Waals surface area contributed by atoms with Crippen molar-refractivity contribution in [3.05, 3.63) is 26.6 Å². The molecule has 0 bridgehead atoms. The summed E-state index contributed by atoms with van der Waals surface area (Å²) in [5.41, 5.74) is 7.36. The Bertz CT molecular complexity index is 465. The molecule has 0 aliphatic heterocycles. The summed E-state index contributed by atoms with van der Waals surface area (Å²) >= 11 is 6.93. The van der Waals surface area contributed by atoms with Gasteiger partial charge in [-0.25, -0.2) is 0 Å². The van der Waals surface area contributed by atoms with Crippen LogP contribution in [-0.2, 0) is 6.54 Å². The fraction of sp³-hybridized carbons (Fsp3) is 0.571. The quantitative estimate of drug-likeness (QED) is 0.689. The van der Waals surface area contributed by atoms with E-state index in [1.54, 1.807) is 0 Å². The summed E-state index contributed by atoms with van der Waals surface area (Å²) in [5, 5.41) is 13.4. The van der Waals surface area contributed by atoms with Gasteiger partial charge >= 0.3 is 0 Å². The van der Waals surface area contributed by atoms with E-state index in [-0.39, 0.29) is 0 Å². The van der Waals surface area contributed by atoms with Crippen molar-refractivity contribution in [3.8, 4) is 0 Å². The van der Waals surface area contributed by atoms with Gasteiger partial charge < -0.3 is 16.2 Å². The van der Waals surface area contributed by atoms with Crippen molar-refractivity contribution in [2.75, 3.05) is 5.73 Å². The molecule has 106 valence electrons. The van der Waals surface area contributed by atoms with Crippen LogP contribution >= 0.6 is 31.9 Å². The van der Waals surface area contributed by atoms with Crippen molar-refractivity contribution in [2.45, 2.75) is 44.9 Å². The van der Waals surface area contributed by atoms with Crippen molar-refractivity contribution in [3.63, 3.8) is 0 Å². The van der Waals surface area contributed by atoms with E-state index < -0.39 is 5.60 Å². The first-order chi connectivity index (χ1) is 8.77. The molecule has 19 heavy (non-hydrogen) atoms.